The summed E-state index contributed by atoms with van der Waals surface area (Å²) < 4.78 is 6.59. The maximum atomic E-state index is 13.3. The minimum Gasteiger partial charge on any atom is -0.483 e. The van der Waals surface area contributed by atoms with Crippen LogP contribution in [0.15, 0.2) is 40.9 Å². The van der Waals surface area contributed by atoms with E-state index in [1.165, 1.54) is 4.90 Å². The van der Waals surface area contributed by atoms with E-state index in [4.69, 9.17) is 27.9 Å². The second-order valence-corrected chi connectivity index (χ2v) is 9.86. The molecule has 2 amide bonds. The van der Waals surface area contributed by atoms with Crippen molar-refractivity contribution in [3.05, 3.63) is 62.0 Å². The van der Waals surface area contributed by atoms with Crippen molar-refractivity contribution in [2.45, 2.75) is 53.1 Å². The molecular formula is C25H31BrCl2N2O3. The average Bonchev–Trinajstić information content (AvgIpc) is 2.78. The Kier molecular flexibility index (Phi) is 11.0. The molecule has 0 heterocycles. The van der Waals surface area contributed by atoms with E-state index < -0.39 is 6.04 Å². The maximum Gasteiger partial charge on any atom is 0.261 e. The Bertz CT molecular complexity index is 948. The van der Waals surface area contributed by atoms with E-state index >= 15 is 0 Å². The highest BCUT2D eigenvalue weighted by molar-refractivity contribution is 9.10. The molecule has 5 nitrogen and oxygen atoms in total. The molecule has 0 spiro atoms. The van der Waals surface area contributed by atoms with Gasteiger partial charge in [-0.25, -0.2) is 0 Å². The molecule has 1 atom stereocenters. The van der Waals surface area contributed by atoms with Crippen LogP contribution in [0.4, 0.5) is 0 Å². The summed E-state index contributed by atoms with van der Waals surface area (Å²) in [5.41, 5.74) is 1.75. The van der Waals surface area contributed by atoms with E-state index in [9.17, 15) is 9.59 Å². The number of carbonyl (C=O) groups is 2. The van der Waals surface area contributed by atoms with Crippen LogP contribution in [-0.2, 0) is 22.6 Å². The molecule has 1 N–H and O–H groups in total. The van der Waals surface area contributed by atoms with Gasteiger partial charge in [-0.3, -0.25) is 9.59 Å². The summed E-state index contributed by atoms with van der Waals surface area (Å²) in [5, 5.41) is 3.81. The number of carbonyl (C=O) groups excluding carboxylic acids is 2. The summed E-state index contributed by atoms with van der Waals surface area (Å²) in [6, 6.07) is 10.3. The molecular weight excluding hydrogens is 527 g/mol. The average molecular weight is 558 g/mol. The van der Waals surface area contributed by atoms with Crippen LogP contribution in [0.5, 0.6) is 5.75 Å². The molecule has 0 unspecified atom stereocenters. The van der Waals surface area contributed by atoms with Crippen molar-refractivity contribution in [2.75, 3.05) is 13.2 Å². The molecule has 0 aliphatic heterocycles. The number of nitrogens with zero attached hydrogens (tertiary/aromatic N) is 1. The second-order valence-electron chi connectivity index (χ2n) is 8.19. The lowest BCUT2D eigenvalue weighted by molar-refractivity contribution is -0.143. The SMILES string of the molecule is CCc1ccc(OCC(=O)N(Cc2c(Cl)cccc2Cl)[C@@H](CC)C(=O)NCC(C)C)c(Br)c1. The van der Waals surface area contributed by atoms with Crippen LogP contribution in [0.25, 0.3) is 0 Å². The van der Waals surface area contributed by atoms with Crippen LogP contribution in [-0.4, -0.2) is 35.9 Å². The fourth-order valence-corrected chi connectivity index (χ4v) is 4.36. The van der Waals surface area contributed by atoms with Crippen molar-refractivity contribution < 1.29 is 14.3 Å². The van der Waals surface area contributed by atoms with Gasteiger partial charge in [-0.05, 0) is 64.5 Å². The van der Waals surface area contributed by atoms with Gasteiger partial charge < -0.3 is 15.0 Å². The van der Waals surface area contributed by atoms with Crippen molar-refractivity contribution in [2.24, 2.45) is 5.92 Å². The summed E-state index contributed by atoms with van der Waals surface area (Å²) in [5.74, 6) is 0.314. The molecule has 0 fully saturated rings. The van der Waals surface area contributed by atoms with Crippen LogP contribution in [0, 0.1) is 5.92 Å². The zero-order valence-corrected chi connectivity index (χ0v) is 22.6. The van der Waals surface area contributed by atoms with Crippen molar-refractivity contribution in [3.63, 3.8) is 0 Å². The molecule has 180 valence electrons. The van der Waals surface area contributed by atoms with Gasteiger partial charge in [0, 0.05) is 28.7 Å². The lowest BCUT2D eigenvalue weighted by Gasteiger charge is -2.31. The highest BCUT2D eigenvalue weighted by Crippen LogP contribution is 2.28. The monoisotopic (exact) mass is 556 g/mol. The van der Waals surface area contributed by atoms with Crippen molar-refractivity contribution in [3.8, 4) is 5.75 Å². The molecule has 2 aromatic carbocycles. The number of hydrogen-bond donors (Lipinski definition) is 1. The van der Waals surface area contributed by atoms with Crippen LogP contribution in [0.1, 0.15) is 45.2 Å². The van der Waals surface area contributed by atoms with Crippen LogP contribution in [0.2, 0.25) is 10.0 Å². The molecule has 8 heteroatoms. The van der Waals surface area contributed by atoms with E-state index in [-0.39, 0.29) is 25.0 Å². The molecule has 2 aromatic rings. The van der Waals surface area contributed by atoms with Gasteiger partial charge >= 0.3 is 0 Å². The number of ether oxygens (including phenoxy) is 1. The van der Waals surface area contributed by atoms with Crippen molar-refractivity contribution in [1.82, 2.24) is 10.2 Å². The van der Waals surface area contributed by atoms with Crippen LogP contribution in [0.3, 0.4) is 0 Å². The largest absolute Gasteiger partial charge is 0.483 e. The lowest BCUT2D eigenvalue weighted by atomic mass is 10.1. The Morgan fingerprint density at radius 3 is 2.33 bits per heavy atom. The minimum absolute atomic E-state index is 0.101. The van der Waals surface area contributed by atoms with Crippen molar-refractivity contribution >= 4 is 50.9 Å². The highest BCUT2D eigenvalue weighted by Gasteiger charge is 2.30. The van der Waals surface area contributed by atoms with Gasteiger partial charge in [0.15, 0.2) is 6.61 Å². The van der Waals surface area contributed by atoms with E-state index in [1.807, 2.05) is 39.0 Å². The number of rotatable bonds is 11. The molecule has 0 saturated carbocycles. The Morgan fingerprint density at radius 2 is 1.79 bits per heavy atom. The molecule has 0 aromatic heterocycles. The summed E-state index contributed by atoms with van der Waals surface area (Å²) in [6.45, 7) is 8.38. The molecule has 2 rings (SSSR count). The smallest absolute Gasteiger partial charge is 0.261 e. The Hall–Kier alpha value is -1.76. The third-order valence-corrected chi connectivity index (χ3v) is 6.54. The maximum absolute atomic E-state index is 13.3. The number of hydrogen-bond acceptors (Lipinski definition) is 3. The first-order valence-corrected chi connectivity index (χ1v) is 12.6. The normalized spacial score (nSPS) is 11.9. The van der Waals surface area contributed by atoms with Gasteiger partial charge in [-0.2, -0.15) is 0 Å². The summed E-state index contributed by atoms with van der Waals surface area (Å²) >= 11 is 16.2. The predicted molar refractivity (Wildman–Crippen MR) is 138 cm³/mol. The van der Waals surface area contributed by atoms with Gasteiger partial charge in [0.2, 0.25) is 5.91 Å². The number of benzene rings is 2. The molecule has 33 heavy (non-hydrogen) atoms. The van der Waals surface area contributed by atoms with Gasteiger partial charge in [-0.1, -0.05) is 63.0 Å². The lowest BCUT2D eigenvalue weighted by Crippen LogP contribution is -2.50. The van der Waals surface area contributed by atoms with Gasteiger partial charge in [0.25, 0.3) is 5.91 Å². The van der Waals surface area contributed by atoms with E-state index in [0.717, 1.165) is 16.5 Å². The fraction of sp³-hybridized carbons (Fsp3) is 0.440. The summed E-state index contributed by atoms with van der Waals surface area (Å²) in [6.07, 6.45) is 1.33. The Labute approximate surface area is 214 Å². The van der Waals surface area contributed by atoms with E-state index in [0.29, 0.717) is 40.2 Å². The Balaban J connectivity index is 2.28. The summed E-state index contributed by atoms with van der Waals surface area (Å²) in [4.78, 5) is 27.8. The number of nitrogens with one attached hydrogen (secondary N) is 1. The van der Waals surface area contributed by atoms with Crippen LogP contribution < -0.4 is 10.1 Å². The number of aryl methyl sites for hydroxylation is 1. The van der Waals surface area contributed by atoms with Gasteiger partial charge in [0.1, 0.15) is 11.8 Å². The molecule has 0 aliphatic carbocycles. The first kappa shape index (κ1) is 27.5. The van der Waals surface area contributed by atoms with Gasteiger partial charge in [0.05, 0.1) is 4.47 Å². The zero-order chi connectivity index (χ0) is 24.5. The topological polar surface area (TPSA) is 58.6 Å². The second kappa shape index (κ2) is 13.2. The molecule has 0 aliphatic rings. The molecule has 0 saturated heterocycles. The van der Waals surface area contributed by atoms with Gasteiger partial charge in [-0.15, -0.1) is 0 Å². The zero-order valence-electron chi connectivity index (χ0n) is 19.5. The van der Waals surface area contributed by atoms with E-state index in [2.05, 4.69) is 28.2 Å². The minimum atomic E-state index is -0.682. The van der Waals surface area contributed by atoms with Crippen LogP contribution >= 0.6 is 39.1 Å². The molecule has 0 radical (unpaired) electrons. The van der Waals surface area contributed by atoms with E-state index in [1.54, 1.807) is 18.2 Å². The van der Waals surface area contributed by atoms with Crippen molar-refractivity contribution in [1.29, 1.82) is 0 Å². The number of halogens is 3. The first-order valence-electron chi connectivity index (χ1n) is 11.1. The standard InChI is InChI=1S/C25H31BrCl2N2O3/c1-5-17-10-11-23(19(26)12-17)33-15-24(31)30(14-18-20(27)8-7-9-21(18)28)22(6-2)25(32)29-13-16(3)4/h7-12,16,22H,5-6,13-15H2,1-4H3,(H,29,32)/t22-/m0/s1. The third-order valence-electron chi connectivity index (χ3n) is 5.22. The molecule has 0 bridgehead atoms. The Morgan fingerprint density at radius 1 is 1.12 bits per heavy atom. The first-order chi connectivity index (χ1) is 15.7. The number of amides is 2. The predicted octanol–water partition coefficient (Wildman–Crippen LogP) is 6.28. The quantitative estimate of drug-likeness (QED) is 0.354. The third kappa shape index (κ3) is 7.90. The highest BCUT2D eigenvalue weighted by atomic mass is 79.9. The fourth-order valence-electron chi connectivity index (χ4n) is 3.30. The summed E-state index contributed by atoms with van der Waals surface area (Å²) in [7, 11) is 0.